The lowest BCUT2D eigenvalue weighted by Crippen LogP contribution is -2.26. The molecule has 0 saturated heterocycles. The smallest absolute Gasteiger partial charge is 0.240 e. The van der Waals surface area contributed by atoms with Gasteiger partial charge < -0.3 is 4.52 Å². The standard InChI is InChI=1S/C17H24FN3O/c1-4-6-7-16-19-17(22-20-16)12-21(5-2)13(3)14-8-10-15(18)11-9-14/h8-11,13H,4-7,12H2,1-3H3. The molecule has 0 aliphatic carbocycles. The molecule has 120 valence electrons. The monoisotopic (exact) mass is 305 g/mol. The van der Waals surface area contributed by atoms with Crippen molar-refractivity contribution >= 4 is 0 Å². The number of aryl methyl sites for hydroxylation is 1. The van der Waals surface area contributed by atoms with Crippen LogP contribution >= 0.6 is 0 Å². The summed E-state index contributed by atoms with van der Waals surface area (Å²) in [6.07, 6.45) is 3.05. The molecule has 22 heavy (non-hydrogen) atoms. The fraction of sp³-hybridized carbons (Fsp3) is 0.529. The lowest BCUT2D eigenvalue weighted by Gasteiger charge is -2.26. The van der Waals surface area contributed by atoms with Gasteiger partial charge in [0.15, 0.2) is 5.82 Å². The number of hydrogen-bond acceptors (Lipinski definition) is 4. The highest BCUT2D eigenvalue weighted by Gasteiger charge is 2.17. The summed E-state index contributed by atoms with van der Waals surface area (Å²) in [6.45, 7) is 7.79. The van der Waals surface area contributed by atoms with Crippen LogP contribution in [0.2, 0.25) is 0 Å². The molecular weight excluding hydrogens is 281 g/mol. The Morgan fingerprint density at radius 3 is 2.59 bits per heavy atom. The molecule has 1 aromatic carbocycles. The summed E-state index contributed by atoms with van der Waals surface area (Å²) in [5, 5.41) is 4.02. The quantitative estimate of drug-likeness (QED) is 0.735. The number of unbranched alkanes of at least 4 members (excludes halogenated alkanes) is 1. The first-order chi connectivity index (χ1) is 10.6. The van der Waals surface area contributed by atoms with E-state index >= 15 is 0 Å². The minimum atomic E-state index is -0.212. The maximum atomic E-state index is 13.0. The molecule has 0 aliphatic heterocycles. The van der Waals surface area contributed by atoms with Crippen LogP contribution in [0.15, 0.2) is 28.8 Å². The van der Waals surface area contributed by atoms with E-state index < -0.39 is 0 Å². The molecular formula is C17H24FN3O. The Morgan fingerprint density at radius 2 is 1.95 bits per heavy atom. The van der Waals surface area contributed by atoms with Gasteiger partial charge in [-0.25, -0.2) is 4.39 Å². The second kappa shape index (κ2) is 8.03. The van der Waals surface area contributed by atoms with E-state index in [0.29, 0.717) is 12.4 Å². The van der Waals surface area contributed by atoms with E-state index in [1.54, 1.807) is 0 Å². The van der Waals surface area contributed by atoms with Gasteiger partial charge in [0.1, 0.15) is 5.82 Å². The lowest BCUT2D eigenvalue weighted by atomic mass is 10.1. The average Bonchev–Trinajstić information content (AvgIpc) is 2.98. The number of aromatic nitrogens is 2. The van der Waals surface area contributed by atoms with Gasteiger partial charge in [0.2, 0.25) is 5.89 Å². The number of halogens is 1. The minimum absolute atomic E-state index is 0.164. The molecule has 0 bridgehead atoms. The molecule has 2 rings (SSSR count). The molecule has 0 radical (unpaired) electrons. The summed E-state index contributed by atoms with van der Waals surface area (Å²) < 4.78 is 18.4. The molecule has 1 atom stereocenters. The molecule has 0 aliphatic rings. The largest absolute Gasteiger partial charge is 0.338 e. The predicted molar refractivity (Wildman–Crippen MR) is 83.8 cm³/mol. The highest BCUT2D eigenvalue weighted by Crippen LogP contribution is 2.22. The highest BCUT2D eigenvalue weighted by atomic mass is 19.1. The maximum absolute atomic E-state index is 13.0. The molecule has 1 heterocycles. The van der Waals surface area contributed by atoms with Gasteiger partial charge in [-0.2, -0.15) is 4.98 Å². The van der Waals surface area contributed by atoms with Gasteiger partial charge in [0.25, 0.3) is 0 Å². The molecule has 0 N–H and O–H groups in total. The fourth-order valence-electron chi connectivity index (χ4n) is 2.44. The normalized spacial score (nSPS) is 12.8. The molecule has 0 spiro atoms. The summed E-state index contributed by atoms with van der Waals surface area (Å²) in [4.78, 5) is 6.67. The van der Waals surface area contributed by atoms with Gasteiger partial charge in [-0.3, -0.25) is 4.90 Å². The summed E-state index contributed by atoms with van der Waals surface area (Å²) in [6, 6.07) is 6.80. The predicted octanol–water partition coefficient (Wildman–Crippen LogP) is 4.13. The number of benzene rings is 1. The molecule has 1 aromatic heterocycles. The molecule has 4 nitrogen and oxygen atoms in total. The van der Waals surface area contributed by atoms with Crippen molar-refractivity contribution in [1.82, 2.24) is 15.0 Å². The Bertz CT molecular complexity index is 568. The number of nitrogens with zero attached hydrogens (tertiary/aromatic N) is 3. The van der Waals surface area contributed by atoms with Crippen LogP contribution in [0.4, 0.5) is 4.39 Å². The first-order valence-electron chi connectivity index (χ1n) is 7.95. The third kappa shape index (κ3) is 4.37. The van der Waals surface area contributed by atoms with Gasteiger partial charge in [0.05, 0.1) is 6.54 Å². The van der Waals surface area contributed by atoms with Crippen LogP contribution in [0.25, 0.3) is 0 Å². The van der Waals surface area contributed by atoms with Crippen LogP contribution < -0.4 is 0 Å². The molecule has 1 unspecified atom stereocenters. The van der Waals surface area contributed by atoms with E-state index in [0.717, 1.165) is 37.2 Å². The van der Waals surface area contributed by atoms with Crippen LogP contribution in [-0.2, 0) is 13.0 Å². The molecule has 0 saturated carbocycles. The van der Waals surface area contributed by atoms with Crippen LogP contribution in [0.1, 0.15) is 56.9 Å². The third-order valence-electron chi connectivity index (χ3n) is 3.91. The van der Waals surface area contributed by atoms with Gasteiger partial charge in [-0.1, -0.05) is 37.6 Å². The SMILES string of the molecule is CCCCc1noc(CN(CC)C(C)c2ccc(F)cc2)n1. The summed E-state index contributed by atoms with van der Waals surface area (Å²) >= 11 is 0. The van der Waals surface area contributed by atoms with Crippen molar-refractivity contribution in [1.29, 1.82) is 0 Å². The zero-order valence-corrected chi connectivity index (χ0v) is 13.6. The maximum Gasteiger partial charge on any atom is 0.240 e. The topological polar surface area (TPSA) is 42.2 Å². The molecule has 5 heteroatoms. The van der Waals surface area contributed by atoms with E-state index in [9.17, 15) is 4.39 Å². The van der Waals surface area contributed by atoms with Crippen LogP contribution in [0.3, 0.4) is 0 Å². The van der Waals surface area contributed by atoms with Crippen molar-refractivity contribution in [2.24, 2.45) is 0 Å². The fourth-order valence-corrected chi connectivity index (χ4v) is 2.44. The number of hydrogen-bond donors (Lipinski definition) is 0. The van der Waals surface area contributed by atoms with Crippen LogP contribution in [0.5, 0.6) is 0 Å². The van der Waals surface area contributed by atoms with Crippen molar-refractivity contribution in [3.05, 3.63) is 47.4 Å². The second-order valence-electron chi connectivity index (χ2n) is 5.50. The van der Waals surface area contributed by atoms with Gasteiger partial charge in [-0.05, 0) is 37.6 Å². The Balaban J connectivity index is 2.01. The van der Waals surface area contributed by atoms with E-state index in [-0.39, 0.29) is 11.9 Å². The van der Waals surface area contributed by atoms with Gasteiger partial charge >= 0.3 is 0 Å². The highest BCUT2D eigenvalue weighted by molar-refractivity contribution is 5.19. The second-order valence-corrected chi connectivity index (χ2v) is 5.50. The zero-order valence-electron chi connectivity index (χ0n) is 13.6. The summed E-state index contributed by atoms with van der Waals surface area (Å²) in [5.41, 5.74) is 1.08. The average molecular weight is 305 g/mol. The zero-order chi connectivity index (χ0) is 15.9. The summed E-state index contributed by atoms with van der Waals surface area (Å²) in [5.74, 6) is 1.21. The van der Waals surface area contributed by atoms with E-state index in [1.807, 2.05) is 12.1 Å². The van der Waals surface area contributed by atoms with E-state index in [1.165, 1.54) is 12.1 Å². The third-order valence-corrected chi connectivity index (χ3v) is 3.91. The first kappa shape index (κ1) is 16.6. The Labute approximate surface area is 131 Å². The van der Waals surface area contributed by atoms with Crippen molar-refractivity contribution in [3.63, 3.8) is 0 Å². The van der Waals surface area contributed by atoms with Crippen molar-refractivity contribution < 1.29 is 8.91 Å². The van der Waals surface area contributed by atoms with Crippen molar-refractivity contribution in [3.8, 4) is 0 Å². The minimum Gasteiger partial charge on any atom is -0.338 e. The number of rotatable bonds is 8. The lowest BCUT2D eigenvalue weighted by molar-refractivity contribution is 0.184. The van der Waals surface area contributed by atoms with E-state index in [4.69, 9.17) is 4.52 Å². The molecule has 0 fully saturated rings. The Kier molecular flexibility index (Phi) is 6.07. The molecule has 0 amide bonds. The van der Waals surface area contributed by atoms with Gasteiger partial charge in [0, 0.05) is 12.5 Å². The van der Waals surface area contributed by atoms with Crippen molar-refractivity contribution in [2.75, 3.05) is 6.54 Å². The van der Waals surface area contributed by atoms with E-state index in [2.05, 4.69) is 35.8 Å². The van der Waals surface area contributed by atoms with Crippen molar-refractivity contribution in [2.45, 2.75) is 52.6 Å². The van der Waals surface area contributed by atoms with Crippen LogP contribution in [-0.4, -0.2) is 21.6 Å². The van der Waals surface area contributed by atoms with Crippen LogP contribution in [0, 0.1) is 5.82 Å². The Morgan fingerprint density at radius 1 is 1.23 bits per heavy atom. The first-order valence-corrected chi connectivity index (χ1v) is 7.95. The molecule has 2 aromatic rings. The Hall–Kier alpha value is -1.75. The van der Waals surface area contributed by atoms with Gasteiger partial charge in [-0.15, -0.1) is 0 Å². The summed E-state index contributed by atoms with van der Waals surface area (Å²) in [7, 11) is 0.